The van der Waals surface area contributed by atoms with Crippen molar-refractivity contribution in [2.24, 2.45) is 0 Å². The monoisotopic (exact) mass is 310 g/mol. The molecule has 0 saturated carbocycles. The van der Waals surface area contributed by atoms with Crippen LogP contribution in [0.4, 0.5) is 15.9 Å². The van der Waals surface area contributed by atoms with Gasteiger partial charge in [0.15, 0.2) is 11.6 Å². The lowest BCUT2D eigenvalue weighted by atomic mass is 10.2. The van der Waals surface area contributed by atoms with E-state index in [1.165, 1.54) is 12.1 Å². The van der Waals surface area contributed by atoms with E-state index in [0.29, 0.717) is 18.1 Å². The predicted molar refractivity (Wildman–Crippen MR) is 85.1 cm³/mol. The summed E-state index contributed by atoms with van der Waals surface area (Å²) in [6.07, 6.45) is 1.65. The topological polar surface area (TPSA) is 72.9 Å². The molecule has 0 fully saturated rings. The predicted octanol–water partition coefficient (Wildman–Crippen LogP) is 2.08. The number of aromatic nitrogens is 4. The summed E-state index contributed by atoms with van der Waals surface area (Å²) < 4.78 is 15.5. The zero-order valence-electron chi connectivity index (χ0n) is 12.4. The maximum Gasteiger partial charge on any atom is 0.164 e. The number of benzene rings is 1. The van der Waals surface area contributed by atoms with Gasteiger partial charge in [0, 0.05) is 18.7 Å². The highest BCUT2D eigenvalue weighted by Crippen LogP contribution is 2.24. The Morgan fingerprint density at radius 3 is 2.78 bits per heavy atom. The molecule has 6 nitrogen and oxygen atoms in total. The van der Waals surface area contributed by atoms with Crippen molar-refractivity contribution in [1.29, 1.82) is 0 Å². The van der Waals surface area contributed by atoms with E-state index in [9.17, 15) is 4.39 Å². The van der Waals surface area contributed by atoms with Crippen LogP contribution in [0, 0.1) is 5.82 Å². The second-order valence-corrected chi connectivity index (χ2v) is 5.47. The van der Waals surface area contributed by atoms with Crippen molar-refractivity contribution in [3.05, 3.63) is 54.2 Å². The van der Waals surface area contributed by atoms with E-state index in [2.05, 4.69) is 20.1 Å². The summed E-state index contributed by atoms with van der Waals surface area (Å²) in [4.78, 5) is 6.47. The Bertz CT molecular complexity index is 842. The van der Waals surface area contributed by atoms with Crippen LogP contribution in [0.25, 0.3) is 11.4 Å². The van der Waals surface area contributed by atoms with Crippen molar-refractivity contribution in [1.82, 2.24) is 19.7 Å². The van der Waals surface area contributed by atoms with Crippen LogP contribution < -0.4 is 10.6 Å². The van der Waals surface area contributed by atoms with Crippen LogP contribution >= 0.6 is 0 Å². The number of halogens is 1. The van der Waals surface area contributed by atoms with Crippen molar-refractivity contribution in [2.75, 3.05) is 17.2 Å². The third-order valence-electron chi connectivity index (χ3n) is 3.93. The number of anilines is 2. The molecule has 0 aliphatic carbocycles. The fourth-order valence-corrected chi connectivity index (χ4v) is 2.78. The van der Waals surface area contributed by atoms with Gasteiger partial charge in [0.1, 0.15) is 11.6 Å². The number of hydrogen-bond donors (Lipinski definition) is 1. The second-order valence-electron chi connectivity index (χ2n) is 5.47. The maximum atomic E-state index is 13.4. The number of fused-ring (bicyclic) bond motifs is 1. The molecule has 4 rings (SSSR count). The molecular formula is C16H15FN6. The third-order valence-corrected chi connectivity index (χ3v) is 3.93. The summed E-state index contributed by atoms with van der Waals surface area (Å²) in [6, 6.07) is 10.2. The van der Waals surface area contributed by atoms with Crippen LogP contribution in [-0.4, -0.2) is 26.3 Å². The van der Waals surface area contributed by atoms with Crippen LogP contribution in [0.15, 0.2) is 42.6 Å². The van der Waals surface area contributed by atoms with Crippen molar-refractivity contribution >= 4 is 11.5 Å². The van der Waals surface area contributed by atoms with Crippen molar-refractivity contribution in [3.63, 3.8) is 0 Å². The molecule has 116 valence electrons. The molecule has 1 aliphatic rings. The zero-order valence-corrected chi connectivity index (χ0v) is 12.4. The van der Waals surface area contributed by atoms with E-state index >= 15 is 0 Å². The van der Waals surface area contributed by atoms with Crippen molar-refractivity contribution in [2.45, 2.75) is 13.1 Å². The zero-order chi connectivity index (χ0) is 15.8. The Kier molecular flexibility index (Phi) is 3.18. The first-order valence-corrected chi connectivity index (χ1v) is 7.35. The number of nitrogens with two attached hydrogens (primary N) is 1. The first-order valence-electron chi connectivity index (χ1n) is 7.35. The molecule has 0 bridgehead atoms. The average molecular weight is 310 g/mol. The summed E-state index contributed by atoms with van der Waals surface area (Å²) in [5.41, 5.74) is 7.05. The summed E-state index contributed by atoms with van der Waals surface area (Å²) in [5.74, 6) is 2.13. The Morgan fingerprint density at radius 2 is 2.00 bits per heavy atom. The average Bonchev–Trinajstić information content (AvgIpc) is 2.98. The quantitative estimate of drug-likeness (QED) is 0.784. The van der Waals surface area contributed by atoms with E-state index in [0.717, 1.165) is 30.3 Å². The highest BCUT2D eigenvalue weighted by Gasteiger charge is 2.22. The van der Waals surface area contributed by atoms with Gasteiger partial charge in [0.05, 0.1) is 18.4 Å². The molecule has 1 aliphatic heterocycles. The van der Waals surface area contributed by atoms with E-state index in [1.54, 1.807) is 12.3 Å². The van der Waals surface area contributed by atoms with Crippen molar-refractivity contribution < 1.29 is 4.39 Å². The van der Waals surface area contributed by atoms with Crippen LogP contribution in [0.2, 0.25) is 0 Å². The smallest absolute Gasteiger partial charge is 0.164 e. The Hall–Kier alpha value is -2.96. The van der Waals surface area contributed by atoms with Gasteiger partial charge in [-0.2, -0.15) is 0 Å². The minimum absolute atomic E-state index is 0.275. The lowest BCUT2D eigenvalue weighted by Gasteiger charge is -2.28. The standard InChI is InChI=1S/C16H15FN6/c17-12-3-1-2-11(8-12)16-21-20-15-10-22(6-7-23(15)16)14-5-4-13(18)9-19-14/h1-5,8-9H,6-7,10,18H2. The summed E-state index contributed by atoms with van der Waals surface area (Å²) >= 11 is 0. The fourth-order valence-electron chi connectivity index (χ4n) is 2.78. The molecule has 2 N–H and O–H groups in total. The van der Waals surface area contributed by atoms with E-state index < -0.39 is 0 Å². The first kappa shape index (κ1) is 13.7. The lowest BCUT2D eigenvalue weighted by Crippen LogP contribution is -2.34. The molecule has 0 saturated heterocycles. The highest BCUT2D eigenvalue weighted by atomic mass is 19.1. The van der Waals surface area contributed by atoms with Crippen LogP contribution in [-0.2, 0) is 13.1 Å². The van der Waals surface area contributed by atoms with Gasteiger partial charge in [-0.15, -0.1) is 10.2 Å². The van der Waals surface area contributed by atoms with E-state index in [-0.39, 0.29) is 5.82 Å². The van der Waals surface area contributed by atoms with E-state index in [1.807, 2.05) is 22.8 Å². The number of rotatable bonds is 2. The van der Waals surface area contributed by atoms with Gasteiger partial charge >= 0.3 is 0 Å². The van der Waals surface area contributed by atoms with Crippen molar-refractivity contribution in [3.8, 4) is 11.4 Å². The van der Waals surface area contributed by atoms with Gasteiger partial charge in [-0.1, -0.05) is 12.1 Å². The normalized spacial score (nSPS) is 13.9. The molecule has 0 atom stereocenters. The molecule has 0 radical (unpaired) electrons. The molecule has 2 aromatic heterocycles. The minimum Gasteiger partial charge on any atom is -0.397 e. The summed E-state index contributed by atoms with van der Waals surface area (Å²) in [6.45, 7) is 2.11. The van der Waals surface area contributed by atoms with Crippen LogP contribution in [0.5, 0.6) is 0 Å². The molecular weight excluding hydrogens is 295 g/mol. The summed E-state index contributed by atoms with van der Waals surface area (Å²) in [5, 5.41) is 8.48. The first-order chi connectivity index (χ1) is 11.2. The number of nitrogen functional groups attached to an aromatic ring is 1. The number of pyridine rings is 1. The maximum absolute atomic E-state index is 13.4. The molecule has 23 heavy (non-hydrogen) atoms. The highest BCUT2D eigenvalue weighted by molar-refractivity contribution is 5.56. The van der Waals surface area contributed by atoms with Gasteiger partial charge in [-0.05, 0) is 24.3 Å². The Balaban J connectivity index is 1.63. The molecule has 7 heteroatoms. The Morgan fingerprint density at radius 1 is 1.09 bits per heavy atom. The van der Waals surface area contributed by atoms with Gasteiger partial charge in [0.2, 0.25) is 0 Å². The van der Waals surface area contributed by atoms with Gasteiger partial charge in [-0.25, -0.2) is 9.37 Å². The number of nitrogens with zero attached hydrogens (tertiary/aromatic N) is 5. The third kappa shape index (κ3) is 2.50. The Labute approximate surface area is 132 Å². The molecule has 1 aromatic carbocycles. The second kappa shape index (κ2) is 5.35. The SMILES string of the molecule is Nc1ccc(N2CCn3c(nnc3-c3cccc(F)c3)C2)nc1. The minimum atomic E-state index is -0.275. The lowest BCUT2D eigenvalue weighted by molar-refractivity contribution is 0.559. The molecule has 3 heterocycles. The van der Waals surface area contributed by atoms with Gasteiger partial charge in [-0.3, -0.25) is 0 Å². The van der Waals surface area contributed by atoms with E-state index in [4.69, 9.17) is 5.73 Å². The molecule has 0 spiro atoms. The molecule has 0 unspecified atom stereocenters. The molecule has 0 amide bonds. The van der Waals surface area contributed by atoms with Crippen LogP contribution in [0.1, 0.15) is 5.82 Å². The largest absolute Gasteiger partial charge is 0.397 e. The summed E-state index contributed by atoms with van der Waals surface area (Å²) in [7, 11) is 0. The van der Waals surface area contributed by atoms with Gasteiger partial charge in [0.25, 0.3) is 0 Å². The van der Waals surface area contributed by atoms with Gasteiger partial charge < -0.3 is 15.2 Å². The molecule has 3 aromatic rings. The van der Waals surface area contributed by atoms with Crippen LogP contribution in [0.3, 0.4) is 0 Å². The fraction of sp³-hybridized carbons (Fsp3) is 0.188. The number of hydrogen-bond acceptors (Lipinski definition) is 5.